The summed E-state index contributed by atoms with van der Waals surface area (Å²) in [5.74, 6) is 1.04. The molecule has 27 heavy (non-hydrogen) atoms. The molecule has 0 unspecified atom stereocenters. The molecular formula is C20H20N4O3. The Morgan fingerprint density at radius 1 is 1.15 bits per heavy atom. The molecule has 4 rings (SSSR count). The zero-order chi connectivity index (χ0) is 18.6. The van der Waals surface area contributed by atoms with E-state index >= 15 is 0 Å². The van der Waals surface area contributed by atoms with Crippen LogP contribution in [-0.4, -0.2) is 28.1 Å². The molecule has 0 saturated heterocycles. The molecule has 2 heterocycles. The summed E-state index contributed by atoms with van der Waals surface area (Å²) in [6.07, 6.45) is 4.02. The molecule has 138 valence electrons. The second kappa shape index (κ2) is 7.49. The van der Waals surface area contributed by atoms with Crippen molar-refractivity contribution in [3.63, 3.8) is 0 Å². The number of hydrogen-bond donors (Lipinski definition) is 2. The minimum absolute atomic E-state index is 0.0307. The lowest BCUT2D eigenvalue weighted by atomic mass is 10.3. The second-order valence-electron chi connectivity index (χ2n) is 6.51. The number of amides is 2. The third-order valence-electron chi connectivity index (χ3n) is 4.38. The Hall–Kier alpha value is -3.35. The number of furan rings is 1. The maximum atomic E-state index is 12.5. The highest BCUT2D eigenvalue weighted by Gasteiger charge is 2.30. The summed E-state index contributed by atoms with van der Waals surface area (Å²) in [4.78, 5) is 24.6. The lowest BCUT2D eigenvalue weighted by Gasteiger charge is -2.08. The van der Waals surface area contributed by atoms with E-state index in [2.05, 4.69) is 15.7 Å². The standard InChI is InChI=1S/C20H20N4O3/c25-19(14-8-9-14)22-18-13-17(23-24(18)15-5-2-1-3-6-15)20(26)21-11-10-16-7-4-12-27-16/h1-7,12-14H,8-11H2,(H,21,26)(H,22,25). The SMILES string of the molecule is O=C(NCCc1ccco1)c1cc(NC(=O)C2CC2)n(-c2ccccc2)n1. The van der Waals surface area contributed by atoms with Gasteiger partial charge in [-0.15, -0.1) is 0 Å². The molecular weight excluding hydrogens is 344 g/mol. The van der Waals surface area contributed by atoms with Gasteiger partial charge in [0.05, 0.1) is 12.0 Å². The van der Waals surface area contributed by atoms with Crippen LogP contribution >= 0.6 is 0 Å². The summed E-state index contributed by atoms with van der Waals surface area (Å²) in [5, 5.41) is 10.1. The van der Waals surface area contributed by atoms with Gasteiger partial charge in [0.25, 0.3) is 5.91 Å². The van der Waals surface area contributed by atoms with Gasteiger partial charge in [0, 0.05) is 24.9 Å². The Morgan fingerprint density at radius 3 is 2.67 bits per heavy atom. The number of anilines is 1. The molecule has 2 N–H and O–H groups in total. The summed E-state index contributed by atoms with van der Waals surface area (Å²) < 4.78 is 6.84. The van der Waals surface area contributed by atoms with E-state index in [1.807, 2.05) is 42.5 Å². The van der Waals surface area contributed by atoms with Crippen molar-refractivity contribution in [3.05, 3.63) is 66.2 Å². The van der Waals surface area contributed by atoms with E-state index in [4.69, 9.17) is 4.42 Å². The van der Waals surface area contributed by atoms with Crippen molar-refractivity contribution in [2.45, 2.75) is 19.3 Å². The highest BCUT2D eigenvalue weighted by molar-refractivity contribution is 5.97. The van der Waals surface area contributed by atoms with Gasteiger partial charge >= 0.3 is 0 Å². The van der Waals surface area contributed by atoms with Crippen molar-refractivity contribution < 1.29 is 14.0 Å². The van der Waals surface area contributed by atoms with Crippen molar-refractivity contribution in [3.8, 4) is 5.69 Å². The molecule has 1 aliphatic carbocycles. The number of para-hydroxylation sites is 1. The van der Waals surface area contributed by atoms with Crippen molar-refractivity contribution >= 4 is 17.6 Å². The van der Waals surface area contributed by atoms with Gasteiger partial charge in [0.15, 0.2) is 5.69 Å². The van der Waals surface area contributed by atoms with E-state index in [0.717, 1.165) is 24.3 Å². The molecule has 1 saturated carbocycles. The minimum atomic E-state index is -0.293. The van der Waals surface area contributed by atoms with E-state index in [1.165, 1.54) is 0 Å². The molecule has 0 radical (unpaired) electrons. The Balaban J connectivity index is 1.50. The first kappa shape index (κ1) is 17.1. The third-order valence-corrected chi connectivity index (χ3v) is 4.38. The Bertz CT molecular complexity index is 928. The smallest absolute Gasteiger partial charge is 0.271 e. The zero-order valence-corrected chi connectivity index (χ0v) is 14.7. The molecule has 1 fully saturated rings. The zero-order valence-electron chi connectivity index (χ0n) is 14.7. The average Bonchev–Trinajstić information content (AvgIpc) is 3.26. The average molecular weight is 364 g/mol. The number of carbonyl (C=O) groups is 2. The van der Waals surface area contributed by atoms with Gasteiger partial charge < -0.3 is 15.1 Å². The highest BCUT2D eigenvalue weighted by atomic mass is 16.3. The predicted molar refractivity (Wildman–Crippen MR) is 99.7 cm³/mol. The van der Waals surface area contributed by atoms with Gasteiger partial charge in [-0.25, -0.2) is 4.68 Å². The van der Waals surface area contributed by atoms with E-state index in [1.54, 1.807) is 17.0 Å². The summed E-state index contributed by atoms with van der Waals surface area (Å²) >= 11 is 0. The first-order chi connectivity index (χ1) is 13.2. The number of nitrogens with one attached hydrogen (secondary N) is 2. The normalized spacial score (nSPS) is 13.3. The molecule has 1 aliphatic rings. The summed E-state index contributed by atoms with van der Waals surface area (Å²) in [5.41, 5.74) is 1.03. The molecule has 0 aliphatic heterocycles. The second-order valence-corrected chi connectivity index (χ2v) is 6.51. The van der Waals surface area contributed by atoms with Gasteiger partial charge in [-0.1, -0.05) is 18.2 Å². The van der Waals surface area contributed by atoms with Gasteiger partial charge in [0.2, 0.25) is 5.91 Å². The largest absolute Gasteiger partial charge is 0.469 e. The quantitative estimate of drug-likeness (QED) is 0.675. The van der Waals surface area contributed by atoms with Crippen LogP contribution in [0.4, 0.5) is 5.82 Å². The molecule has 2 amide bonds. The van der Waals surface area contributed by atoms with Crippen LogP contribution in [0.15, 0.2) is 59.2 Å². The van der Waals surface area contributed by atoms with Crippen LogP contribution in [0.2, 0.25) is 0 Å². The van der Waals surface area contributed by atoms with Crippen molar-refractivity contribution in [1.29, 1.82) is 0 Å². The Labute approximate surface area is 156 Å². The Kier molecular flexibility index (Phi) is 4.74. The fraction of sp³-hybridized carbons (Fsp3) is 0.250. The topological polar surface area (TPSA) is 89.2 Å². The lowest BCUT2D eigenvalue weighted by Crippen LogP contribution is -2.26. The van der Waals surface area contributed by atoms with Crippen LogP contribution in [0.1, 0.15) is 29.1 Å². The fourth-order valence-electron chi connectivity index (χ4n) is 2.77. The fourth-order valence-corrected chi connectivity index (χ4v) is 2.77. The number of benzene rings is 1. The maximum absolute atomic E-state index is 12.5. The summed E-state index contributed by atoms with van der Waals surface area (Å²) in [7, 11) is 0. The van der Waals surface area contributed by atoms with E-state index in [-0.39, 0.29) is 23.4 Å². The van der Waals surface area contributed by atoms with Crippen molar-refractivity contribution in [2.75, 3.05) is 11.9 Å². The monoisotopic (exact) mass is 364 g/mol. The number of rotatable bonds is 7. The molecule has 0 bridgehead atoms. The van der Waals surface area contributed by atoms with E-state index < -0.39 is 0 Å². The van der Waals surface area contributed by atoms with Gasteiger partial charge in [0.1, 0.15) is 11.6 Å². The van der Waals surface area contributed by atoms with Crippen molar-refractivity contribution in [1.82, 2.24) is 15.1 Å². The first-order valence-corrected chi connectivity index (χ1v) is 8.97. The minimum Gasteiger partial charge on any atom is -0.469 e. The predicted octanol–water partition coefficient (Wildman–Crippen LogP) is 2.79. The third kappa shape index (κ3) is 4.08. The Morgan fingerprint density at radius 2 is 1.96 bits per heavy atom. The molecule has 0 atom stereocenters. The first-order valence-electron chi connectivity index (χ1n) is 8.97. The number of carbonyl (C=O) groups excluding carboxylic acids is 2. The lowest BCUT2D eigenvalue weighted by molar-refractivity contribution is -0.117. The molecule has 0 spiro atoms. The molecule has 1 aromatic carbocycles. The van der Waals surface area contributed by atoms with Gasteiger partial charge in [-0.3, -0.25) is 9.59 Å². The number of aromatic nitrogens is 2. The van der Waals surface area contributed by atoms with Crippen LogP contribution in [0, 0.1) is 5.92 Å². The van der Waals surface area contributed by atoms with Gasteiger partial charge in [-0.05, 0) is 37.1 Å². The van der Waals surface area contributed by atoms with E-state index in [0.29, 0.717) is 18.8 Å². The number of hydrogen-bond acceptors (Lipinski definition) is 4. The van der Waals surface area contributed by atoms with Crippen molar-refractivity contribution in [2.24, 2.45) is 5.92 Å². The van der Waals surface area contributed by atoms with Crippen LogP contribution in [-0.2, 0) is 11.2 Å². The molecule has 7 heteroatoms. The van der Waals surface area contributed by atoms with Gasteiger partial charge in [-0.2, -0.15) is 5.10 Å². The molecule has 7 nitrogen and oxygen atoms in total. The summed E-state index contributed by atoms with van der Waals surface area (Å²) in [6, 6.07) is 14.7. The molecule has 2 aromatic heterocycles. The summed E-state index contributed by atoms with van der Waals surface area (Å²) in [6.45, 7) is 0.439. The maximum Gasteiger partial charge on any atom is 0.271 e. The molecule has 3 aromatic rings. The van der Waals surface area contributed by atoms with Crippen LogP contribution < -0.4 is 10.6 Å². The van der Waals surface area contributed by atoms with E-state index in [9.17, 15) is 9.59 Å². The number of nitrogens with zero attached hydrogens (tertiary/aromatic N) is 2. The van der Waals surface area contributed by atoms with Crippen LogP contribution in [0.3, 0.4) is 0 Å². The van der Waals surface area contributed by atoms with Crippen LogP contribution in [0.25, 0.3) is 5.69 Å². The van der Waals surface area contributed by atoms with Crippen LogP contribution in [0.5, 0.6) is 0 Å². The highest BCUT2D eigenvalue weighted by Crippen LogP contribution is 2.30.